The van der Waals surface area contributed by atoms with Gasteiger partial charge in [0.2, 0.25) is 0 Å². The van der Waals surface area contributed by atoms with Crippen LogP contribution in [0.2, 0.25) is 0 Å². The molecule has 1 aromatic heterocycles. The van der Waals surface area contributed by atoms with Crippen LogP contribution in [0.25, 0.3) is 0 Å². The summed E-state index contributed by atoms with van der Waals surface area (Å²) in [5.41, 5.74) is 1.22. The van der Waals surface area contributed by atoms with Gasteiger partial charge in [0, 0.05) is 61.2 Å². The van der Waals surface area contributed by atoms with Gasteiger partial charge in [-0.05, 0) is 46.9 Å². The van der Waals surface area contributed by atoms with Gasteiger partial charge in [-0.15, -0.1) is 0 Å². The summed E-state index contributed by atoms with van der Waals surface area (Å²) in [5.74, 6) is -1.28. The summed E-state index contributed by atoms with van der Waals surface area (Å²) in [5, 5.41) is 0. The van der Waals surface area contributed by atoms with E-state index in [4.69, 9.17) is 18.8 Å². The molecule has 0 amide bonds. The SMILES string of the molecule is CN(CCc1ncc(B2OC(C)(C)C(C)(C)O2)cc1C=O)Cc1cc(F)cc(F)c1OC1CCOCC1. The third-order valence-electron chi connectivity index (χ3n) is 7.39. The largest absolute Gasteiger partial charge is 0.496 e. The fourth-order valence-corrected chi connectivity index (χ4v) is 4.44. The van der Waals surface area contributed by atoms with Crippen molar-refractivity contribution in [3.8, 4) is 5.75 Å². The van der Waals surface area contributed by atoms with E-state index in [2.05, 4.69) is 4.98 Å². The van der Waals surface area contributed by atoms with Crippen LogP contribution >= 0.6 is 0 Å². The molecular formula is C27H35BF2N2O5. The number of hydrogen-bond acceptors (Lipinski definition) is 7. The standard InChI is InChI=1S/C27H35BF2N2O5/c1-26(2)27(3,4)37-28(36-26)20-12-19(17-33)24(31-15-20)6-9-32(5)16-18-13-21(29)14-23(30)25(18)35-22-7-10-34-11-8-22/h12-15,17,22H,6-11,16H2,1-5H3. The normalized spacial score (nSPS) is 19.4. The molecule has 2 aliphatic heterocycles. The van der Waals surface area contributed by atoms with Gasteiger partial charge in [0.25, 0.3) is 0 Å². The molecule has 200 valence electrons. The fourth-order valence-electron chi connectivity index (χ4n) is 4.44. The topological polar surface area (TPSA) is 70.1 Å². The zero-order valence-corrected chi connectivity index (χ0v) is 22.2. The zero-order chi connectivity index (χ0) is 26.8. The first-order valence-corrected chi connectivity index (χ1v) is 12.7. The second kappa shape index (κ2) is 11.1. The van der Waals surface area contributed by atoms with Crippen LogP contribution in [0.5, 0.6) is 5.75 Å². The van der Waals surface area contributed by atoms with Gasteiger partial charge in [-0.1, -0.05) is 0 Å². The lowest BCUT2D eigenvalue weighted by Crippen LogP contribution is -2.41. The van der Waals surface area contributed by atoms with Gasteiger partial charge in [-0.25, -0.2) is 8.78 Å². The van der Waals surface area contributed by atoms with E-state index in [9.17, 15) is 13.6 Å². The highest BCUT2D eigenvalue weighted by atomic mass is 19.1. The van der Waals surface area contributed by atoms with Gasteiger partial charge in [0.05, 0.1) is 30.1 Å². The molecule has 0 unspecified atom stereocenters. The predicted molar refractivity (Wildman–Crippen MR) is 136 cm³/mol. The first kappa shape index (κ1) is 27.6. The van der Waals surface area contributed by atoms with Crippen molar-refractivity contribution in [3.63, 3.8) is 0 Å². The lowest BCUT2D eigenvalue weighted by molar-refractivity contribution is 0.00578. The van der Waals surface area contributed by atoms with E-state index >= 15 is 0 Å². The Kier molecular flexibility index (Phi) is 8.33. The molecule has 10 heteroatoms. The van der Waals surface area contributed by atoms with E-state index in [1.807, 2.05) is 39.6 Å². The Hall–Kier alpha value is -2.40. The molecule has 2 fully saturated rings. The Morgan fingerprint density at radius 1 is 1.14 bits per heavy atom. The molecule has 2 aliphatic rings. The van der Waals surface area contributed by atoms with E-state index in [0.29, 0.717) is 61.3 Å². The highest BCUT2D eigenvalue weighted by Gasteiger charge is 2.51. The Morgan fingerprint density at radius 2 is 1.81 bits per heavy atom. The van der Waals surface area contributed by atoms with E-state index in [-0.39, 0.29) is 18.4 Å². The number of carbonyl (C=O) groups excluding carboxylic acids is 1. The molecule has 0 aliphatic carbocycles. The maximum absolute atomic E-state index is 14.6. The summed E-state index contributed by atoms with van der Waals surface area (Å²) in [6.07, 6.45) is 4.08. The number of carbonyl (C=O) groups is 1. The Morgan fingerprint density at radius 3 is 2.46 bits per heavy atom. The number of rotatable bonds is 9. The molecule has 2 saturated heterocycles. The highest BCUT2D eigenvalue weighted by Crippen LogP contribution is 2.36. The van der Waals surface area contributed by atoms with Crippen LogP contribution in [0.15, 0.2) is 24.4 Å². The number of aromatic nitrogens is 1. The average Bonchev–Trinajstić information content (AvgIpc) is 3.07. The number of nitrogens with zero attached hydrogens (tertiary/aromatic N) is 2. The summed E-state index contributed by atoms with van der Waals surface area (Å²) in [7, 11) is 1.24. The number of likely N-dealkylation sites (N-methyl/N-ethyl adjacent to an activating group) is 1. The van der Waals surface area contributed by atoms with Crippen LogP contribution in [0, 0.1) is 11.6 Å². The Labute approximate surface area is 217 Å². The third kappa shape index (κ3) is 6.37. The van der Waals surface area contributed by atoms with Crippen molar-refractivity contribution in [1.82, 2.24) is 9.88 Å². The minimum atomic E-state index is -0.710. The number of aldehydes is 1. The molecule has 0 bridgehead atoms. The molecule has 0 atom stereocenters. The van der Waals surface area contributed by atoms with Crippen LogP contribution < -0.4 is 10.2 Å². The summed E-state index contributed by atoms with van der Waals surface area (Å²) in [6.45, 7) is 9.77. The van der Waals surface area contributed by atoms with Crippen molar-refractivity contribution >= 4 is 18.9 Å². The van der Waals surface area contributed by atoms with E-state index in [1.165, 1.54) is 6.07 Å². The van der Waals surface area contributed by atoms with Crippen molar-refractivity contribution in [2.24, 2.45) is 0 Å². The van der Waals surface area contributed by atoms with Crippen LogP contribution in [-0.2, 0) is 27.0 Å². The molecule has 7 nitrogen and oxygen atoms in total. The fraction of sp³-hybridized carbons (Fsp3) is 0.556. The van der Waals surface area contributed by atoms with Crippen molar-refractivity contribution in [2.75, 3.05) is 26.8 Å². The van der Waals surface area contributed by atoms with Crippen LogP contribution in [0.4, 0.5) is 8.78 Å². The summed E-state index contributed by atoms with van der Waals surface area (Å²) in [6, 6.07) is 3.90. The molecule has 0 N–H and O–H groups in total. The maximum atomic E-state index is 14.6. The number of hydrogen-bond donors (Lipinski definition) is 0. The monoisotopic (exact) mass is 516 g/mol. The lowest BCUT2D eigenvalue weighted by atomic mass is 9.79. The second-order valence-corrected chi connectivity index (χ2v) is 10.8. The second-order valence-electron chi connectivity index (χ2n) is 10.8. The highest BCUT2D eigenvalue weighted by molar-refractivity contribution is 6.62. The molecule has 37 heavy (non-hydrogen) atoms. The molecular weight excluding hydrogens is 481 g/mol. The number of pyridine rings is 1. The van der Waals surface area contributed by atoms with Gasteiger partial charge >= 0.3 is 7.12 Å². The quantitative estimate of drug-likeness (QED) is 0.372. The number of halogens is 2. The molecule has 2 aromatic rings. The Balaban J connectivity index is 1.42. The van der Waals surface area contributed by atoms with E-state index < -0.39 is 30.0 Å². The summed E-state index contributed by atoms with van der Waals surface area (Å²) in [4.78, 5) is 18.3. The molecule has 0 radical (unpaired) electrons. The zero-order valence-electron chi connectivity index (χ0n) is 22.2. The molecule has 3 heterocycles. The smallest absolute Gasteiger partial charge is 0.487 e. The number of benzene rings is 1. The molecule has 0 spiro atoms. The first-order chi connectivity index (χ1) is 17.5. The Bertz CT molecular complexity index is 1110. The summed E-state index contributed by atoms with van der Waals surface area (Å²) >= 11 is 0. The van der Waals surface area contributed by atoms with Crippen molar-refractivity contribution in [2.45, 2.75) is 70.8 Å². The molecule has 0 saturated carbocycles. The minimum absolute atomic E-state index is 0.0821. The summed E-state index contributed by atoms with van der Waals surface area (Å²) < 4.78 is 52.1. The van der Waals surface area contributed by atoms with E-state index in [0.717, 1.165) is 12.4 Å². The predicted octanol–water partition coefficient (Wildman–Crippen LogP) is 3.70. The van der Waals surface area contributed by atoms with Gasteiger partial charge < -0.3 is 23.7 Å². The van der Waals surface area contributed by atoms with Gasteiger partial charge in [0.15, 0.2) is 17.9 Å². The van der Waals surface area contributed by atoms with Crippen LogP contribution in [-0.4, -0.2) is 67.4 Å². The van der Waals surface area contributed by atoms with E-state index in [1.54, 1.807) is 12.3 Å². The van der Waals surface area contributed by atoms with Crippen molar-refractivity contribution in [1.29, 1.82) is 0 Å². The molecule has 4 rings (SSSR count). The number of ether oxygens (including phenoxy) is 2. The molecule has 1 aromatic carbocycles. The van der Waals surface area contributed by atoms with Gasteiger partial charge in [0.1, 0.15) is 11.9 Å². The lowest BCUT2D eigenvalue weighted by Gasteiger charge is -2.32. The van der Waals surface area contributed by atoms with Crippen molar-refractivity contribution in [3.05, 3.63) is 52.9 Å². The average molecular weight is 516 g/mol. The van der Waals surface area contributed by atoms with Crippen molar-refractivity contribution < 1.29 is 32.4 Å². The third-order valence-corrected chi connectivity index (χ3v) is 7.39. The van der Waals surface area contributed by atoms with Gasteiger partial charge in [-0.3, -0.25) is 9.78 Å². The minimum Gasteiger partial charge on any atom is -0.487 e. The first-order valence-electron chi connectivity index (χ1n) is 12.7. The van der Waals surface area contributed by atoms with Gasteiger partial charge in [-0.2, -0.15) is 0 Å². The van der Waals surface area contributed by atoms with Crippen LogP contribution in [0.1, 0.15) is 62.2 Å². The maximum Gasteiger partial charge on any atom is 0.496 e. The van der Waals surface area contributed by atoms with Crippen LogP contribution in [0.3, 0.4) is 0 Å².